The van der Waals surface area contributed by atoms with Gasteiger partial charge < -0.3 is 9.47 Å². The fourth-order valence-electron chi connectivity index (χ4n) is 0.269. The Morgan fingerprint density at radius 3 is 2.50 bits per heavy atom. The SMILES string of the molecule is COCCOC(C)=S. The van der Waals surface area contributed by atoms with E-state index in [1.165, 1.54) is 0 Å². The van der Waals surface area contributed by atoms with Crippen LogP contribution in [0.3, 0.4) is 0 Å². The smallest absolute Gasteiger partial charge is 0.156 e. The van der Waals surface area contributed by atoms with Crippen molar-refractivity contribution in [1.82, 2.24) is 0 Å². The Morgan fingerprint density at radius 1 is 1.50 bits per heavy atom. The van der Waals surface area contributed by atoms with Gasteiger partial charge in [-0.1, -0.05) is 0 Å². The first-order chi connectivity index (χ1) is 3.77. The molecule has 0 aromatic carbocycles. The van der Waals surface area contributed by atoms with Crippen molar-refractivity contribution in [1.29, 1.82) is 0 Å². The van der Waals surface area contributed by atoms with Gasteiger partial charge in [0.05, 0.1) is 6.61 Å². The zero-order valence-electron chi connectivity index (χ0n) is 5.14. The lowest BCUT2D eigenvalue weighted by Crippen LogP contribution is -2.03. The average molecular weight is 134 g/mol. The summed E-state index contributed by atoms with van der Waals surface area (Å²) < 4.78 is 9.60. The molecule has 0 fully saturated rings. The van der Waals surface area contributed by atoms with Crippen molar-refractivity contribution in [2.24, 2.45) is 0 Å². The largest absolute Gasteiger partial charge is 0.485 e. The van der Waals surface area contributed by atoms with E-state index in [1.54, 1.807) is 14.0 Å². The molecular weight excluding hydrogens is 124 g/mol. The van der Waals surface area contributed by atoms with Gasteiger partial charge >= 0.3 is 0 Å². The van der Waals surface area contributed by atoms with E-state index in [9.17, 15) is 0 Å². The Bertz CT molecular complexity index is 72.8. The van der Waals surface area contributed by atoms with Crippen LogP contribution in [0.5, 0.6) is 0 Å². The van der Waals surface area contributed by atoms with Crippen molar-refractivity contribution in [3.05, 3.63) is 0 Å². The molecule has 0 saturated carbocycles. The number of ether oxygens (including phenoxy) is 2. The molecule has 0 radical (unpaired) electrons. The number of methoxy groups -OCH3 is 1. The first-order valence-corrected chi connectivity index (χ1v) is 2.80. The Kier molecular flexibility index (Phi) is 4.90. The molecule has 0 N–H and O–H groups in total. The van der Waals surface area contributed by atoms with Crippen LogP contribution < -0.4 is 0 Å². The topological polar surface area (TPSA) is 18.5 Å². The summed E-state index contributed by atoms with van der Waals surface area (Å²) in [5.41, 5.74) is 0. The monoisotopic (exact) mass is 134 g/mol. The minimum atomic E-state index is 0.561. The lowest BCUT2D eigenvalue weighted by molar-refractivity contribution is 0.142. The maximum atomic E-state index is 4.89. The molecule has 0 heterocycles. The summed E-state index contributed by atoms with van der Waals surface area (Å²) in [6, 6.07) is 0. The van der Waals surface area contributed by atoms with Crippen LogP contribution in [0, 0.1) is 0 Å². The lowest BCUT2D eigenvalue weighted by Gasteiger charge is -1.99. The Balaban J connectivity index is 2.82. The normalized spacial score (nSPS) is 8.75. The predicted octanol–water partition coefficient (Wildman–Crippen LogP) is 0.997. The van der Waals surface area contributed by atoms with Crippen LogP contribution in [-0.4, -0.2) is 25.4 Å². The first-order valence-electron chi connectivity index (χ1n) is 2.39. The highest BCUT2D eigenvalue weighted by molar-refractivity contribution is 7.80. The molecule has 0 atom stereocenters. The van der Waals surface area contributed by atoms with Crippen molar-refractivity contribution in [3.8, 4) is 0 Å². The maximum Gasteiger partial charge on any atom is 0.156 e. The van der Waals surface area contributed by atoms with Crippen molar-refractivity contribution >= 4 is 17.3 Å². The van der Waals surface area contributed by atoms with E-state index in [2.05, 4.69) is 12.2 Å². The lowest BCUT2D eigenvalue weighted by atomic mass is 10.7. The predicted molar refractivity (Wildman–Crippen MR) is 36.1 cm³/mol. The van der Waals surface area contributed by atoms with Crippen molar-refractivity contribution in [2.75, 3.05) is 20.3 Å². The van der Waals surface area contributed by atoms with Crippen LogP contribution >= 0.6 is 12.2 Å². The molecule has 0 aliphatic heterocycles. The second-order valence-electron chi connectivity index (χ2n) is 1.33. The minimum absolute atomic E-state index is 0.561. The van der Waals surface area contributed by atoms with Crippen molar-refractivity contribution < 1.29 is 9.47 Å². The summed E-state index contributed by atoms with van der Waals surface area (Å²) in [4.78, 5) is 0. The molecule has 0 aliphatic carbocycles. The molecule has 0 aromatic heterocycles. The third-order valence-electron chi connectivity index (χ3n) is 0.593. The Morgan fingerprint density at radius 2 is 2.12 bits per heavy atom. The summed E-state index contributed by atoms with van der Waals surface area (Å²) in [5.74, 6) is 0. The van der Waals surface area contributed by atoms with Gasteiger partial charge in [-0.2, -0.15) is 0 Å². The van der Waals surface area contributed by atoms with E-state index in [-0.39, 0.29) is 0 Å². The minimum Gasteiger partial charge on any atom is -0.485 e. The zero-order valence-corrected chi connectivity index (χ0v) is 5.96. The van der Waals surface area contributed by atoms with Crippen LogP contribution in [0.25, 0.3) is 0 Å². The van der Waals surface area contributed by atoms with E-state index >= 15 is 0 Å². The number of hydrogen-bond acceptors (Lipinski definition) is 3. The standard InChI is InChI=1S/C5H10O2S/c1-5(8)7-4-3-6-2/h3-4H2,1-2H3. The van der Waals surface area contributed by atoms with Gasteiger partial charge in [0.25, 0.3) is 0 Å². The van der Waals surface area contributed by atoms with E-state index in [0.29, 0.717) is 18.3 Å². The second kappa shape index (κ2) is 5.00. The van der Waals surface area contributed by atoms with Gasteiger partial charge in [0.1, 0.15) is 6.61 Å². The second-order valence-corrected chi connectivity index (χ2v) is 1.91. The Labute approximate surface area is 54.8 Å². The summed E-state index contributed by atoms with van der Waals surface area (Å²) in [7, 11) is 1.63. The summed E-state index contributed by atoms with van der Waals surface area (Å²) in [6.07, 6.45) is 0. The van der Waals surface area contributed by atoms with Gasteiger partial charge in [0, 0.05) is 14.0 Å². The molecule has 0 rings (SSSR count). The quantitative estimate of drug-likeness (QED) is 0.423. The highest BCUT2D eigenvalue weighted by Crippen LogP contribution is 1.78. The molecule has 0 saturated heterocycles. The number of rotatable bonds is 3. The third-order valence-corrected chi connectivity index (χ3v) is 0.711. The number of hydrogen-bond donors (Lipinski definition) is 0. The molecule has 2 nitrogen and oxygen atoms in total. The number of thiocarbonyl (C=S) groups is 1. The maximum absolute atomic E-state index is 4.89. The molecule has 48 valence electrons. The molecule has 0 aliphatic rings. The molecule has 3 heteroatoms. The van der Waals surface area contributed by atoms with Crippen molar-refractivity contribution in [3.63, 3.8) is 0 Å². The molecule has 0 bridgehead atoms. The van der Waals surface area contributed by atoms with Gasteiger partial charge in [-0.3, -0.25) is 0 Å². The van der Waals surface area contributed by atoms with Gasteiger partial charge in [0.2, 0.25) is 0 Å². The highest BCUT2D eigenvalue weighted by Gasteiger charge is 1.84. The molecular formula is C5H10O2S. The van der Waals surface area contributed by atoms with Crippen LogP contribution in [0.4, 0.5) is 0 Å². The van der Waals surface area contributed by atoms with Crippen LogP contribution in [0.1, 0.15) is 6.92 Å². The summed E-state index contributed by atoms with van der Waals surface area (Å²) in [5, 5.41) is 0.571. The van der Waals surface area contributed by atoms with E-state index in [0.717, 1.165) is 0 Å². The highest BCUT2D eigenvalue weighted by atomic mass is 32.1. The Hall–Kier alpha value is -0.150. The molecule has 0 amide bonds. The van der Waals surface area contributed by atoms with E-state index in [1.807, 2.05) is 0 Å². The van der Waals surface area contributed by atoms with Crippen molar-refractivity contribution in [2.45, 2.75) is 6.92 Å². The van der Waals surface area contributed by atoms with Crippen LogP contribution in [0.15, 0.2) is 0 Å². The zero-order chi connectivity index (χ0) is 6.41. The fourth-order valence-corrected chi connectivity index (χ4v) is 0.352. The van der Waals surface area contributed by atoms with Crippen LogP contribution in [0.2, 0.25) is 0 Å². The first kappa shape index (κ1) is 7.85. The van der Waals surface area contributed by atoms with Gasteiger partial charge in [-0.15, -0.1) is 0 Å². The summed E-state index contributed by atoms with van der Waals surface area (Å²) in [6.45, 7) is 2.91. The van der Waals surface area contributed by atoms with E-state index in [4.69, 9.17) is 9.47 Å². The fraction of sp³-hybridized carbons (Fsp3) is 0.800. The molecule has 0 aromatic rings. The van der Waals surface area contributed by atoms with Gasteiger partial charge in [0.15, 0.2) is 5.05 Å². The summed E-state index contributed by atoms with van der Waals surface area (Å²) >= 11 is 4.63. The van der Waals surface area contributed by atoms with Crippen LogP contribution in [-0.2, 0) is 9.47 Å². The third kappa shape index (κ3) is 5.85. The van der Waals surface area contributed by atoms with E-state index < -0.39 is 0 Å². The van der Waals surface area contributed by atoms with Gasteiger partial charge in [-0.25, -0.2) is 0 Å². The molecule has 0 unspecified atom stereocenters. The molecule has 8 heavy (non-hydrogen) atoms. The average Bonchev–Trinajstić information content (AvgIpc) is 1.66. The molecule has 0 spiro atoms. The van der Waals surface area contributed by atoms with Gasteiger partial charge in [-0.05, 0) is 12.2 Å².